The molecule has 1 atom stereocenters. The second-order valence-electron chi connectivity index (χ2n) is 5.83. The number of nitrogens with one attached hydrogen (secondary N) is 2. The van der Waals surface area contributed by atoms with E-state index in [1.54, 1.807) is 7.11 Å². The second kappa shape index (κ2) is 9.32. The Kier molecular flexibility index (Phi) is 8.07. The van der Waals surface area contributed by atoms with E-state index in [0.29, 0.717) is 31.0 Å². The summed E-state index contributed by atoms with van der Waals surface area (Å²) in [5, 5.41) is 6.73. The zero-order valence-corrected chi connectivity index (χ0v) is 12.7. The zero-order chi connectivity index (χ0) is 14.1. The molecular formula is C15H30N2O2. The van der Waals surface area contributed by atoms with Gasteiger partial charge in [0.25, 0.3) is 0 Å². The summed E-state index contributed by atoms with van der Waals surface area (Å²) in [5.74, 6) is 0.474. The Hall–Kier alpha value is -0.610. The highest BCUT2D eigenvalue weighted by Gasteiger charge is 2.22. The second-order valence-corrected chi connectivity index (χ2v) is 5.83. The highest BCUT2D eigenvalue weighted by atomic mass is 16.5. The third-order valence-electron chi connectivity index (χ3n) is 3.76. The summed E-state index contributed by atoms with van der Waals surface area (Å²) in [6.45, 7) is 6.01. The maximum absolute atomic E-state index is 11.9. The van der Waals surface area contributed by atoms with Crippen molar-refractivity contribution in [2.45, 2.75) is 64.5 Å². The van der Waals surface area contributed by atoms with Crippen molar-refractivity contribution in [1.82, 2.24) is 10.6 Å². The van der Waals surface area contributed by atoms with Crippen molar-refractivity contribution >= 4 is 5.91 Å². The fourth-order valence-electron chi connectivity index (χ4n) is 2.74. The molecule has 1 aliphatic rings. The Morgan fingerprint density at radius 1 is 1.26 bits per heavy atom. The normalized spacial score (nSPS) is 25.0. The molecule has 0 aromatic heterocycles. The highest BCUT2D eigenvalue weighted by molar-refractivity contribution is 5.76. The number of carbonyl (C=O) groups excluding carboxylic acids is 1. The van der Waals surface area contributed by atoms with Crippen LogP contribution in [-0.2, 0) is 9.53 Å². The first-order chi connectivity index (χ1) is 9.15. The minimum atomic E-state index is 0.175. The van der Waals surface area contributed by atoms with Gasteiger partial charge in [0, 0.05) is 32.2 Å². The Bertz CT molecular complexity index is 251. The molecule has 0 aromatic carbocycles. The largest absolute Gasteiger partial charge is 0.384 e. The number of amides is 1. The molecular weight excluding hydrogens is 240 g/mol. The maximum atomic E-state index is 11.9. The van der Waals surface area contributed by atoms with Gasteiger partial charge in [0.15, 0.2) is 0 Å². The minimum absolute atomic E-state index is 0.175. The molecule has 1 saturated carbocycles. The molecule has 0 bridgehead atoms. The van der Waals surface area contributed by atoms with Crippen LogP contribution in [0.15, 0.2) is 0 Å². The fourth-order valence-corrected chi connectivity index (χ4v) is 2.74. The summed E-state index contributed by atoms with van der Waals surface area (Å²) in [6.07, 6.45) is 6.32. The molecule has 4 heteroatoms. The molecule has 0 saturated heterocycles. The van der Waals surface area contributed by atoms with Gasteiger partial charge in [-0.25, -0.2) is 0 Å². The fraction of sp³-hybridized carbons (Fsp3) is 0.933. The van der Waals surface area contributed by atoms with Crippen LogP contribution in [0.5, 0.6) is 0 Å². The van der Waals surface area contributed by atoms with Crippen LogP contribution < -0.4 is 10.6 Å². The first-order valence-electron chi connectivity index (χ1n) is 7.67. The molecule has 19 heavy (non-hydrogen) atoms. The standard InChI is InChI=1S/C15H30N2O2/c1-4-9-16-13-5-7-14(8-6-13)17-15(18)10-12(2)11-19-3/h12-14,16H,4-11H2,1-3H3,(H,17,18). The van der Waals surface area contributed by atoms with Crippen molar-refractivity contribution in [3.63, 3.8) is 0 Å². The van der Waals surface area contributed by atoms with Crippen LogP contribution >= 0.6 is 0 Å². The molecule has 1 aliphatic carbocycles. The van der Waals surface area contributed by atoms with Crippen LogP contribution in [0.4, 0.5) is 0 Å². The van der Waals surface area contributed by atoms with Crippen molar-refractivity contribution in [2.24, 2.45) is 5.92 Å². The van der Waals surface area contributed by atoms with Crippen LogP contribution in [-0.4, -0.2) is 38.3 Å². The smallest absolute Gasteiger partial charge is 0.220 e. The van der Waals surface area contributed by atoms with E-state index >= 15 is 0 Å². The number of hydrogen-bond donors (Lipinski definition) is 2. The van der Waals surface area contributed by atoms with E-state index in [2.05, 4.69) is 24.5 Å². The maximum Gasteiger partial charge on any atom is 0.220 e. The van der Waals surface area contributed by atoms with Crippen LogP contribution in [0, 0.1) is 5.92 Å². The molecule has 4 nitrogen and oxygen atoms in total. The number of hydrogen-bond acceptors (Lipinski definition) is 3. The highest BCUT2D eigenvalue weighted by Crippen LogP contribution is 2.19. The summed E-state index contributed by atoms with van der Waals surface area (Å²) < 4.78 is 5.06. The zero-order valence-electron chi connectivity index (χ0n) is 12.7. The van der Waals surface area contributed by atoms with Crippen molar-refractivity contribution in [3.8, 4) is 0 Å². The lowest BCUT2D eigenvalue weighted by atomic mass is 9.91. The van der Waals surface area contributed by atoms with Crippen LogP contribution in [0.25, 0.3) is 0 Å². The van der Waals surface area contributed by atoms with Crippen LogP contribution in [0.2, 0.25) is 0 Å². The third-order valence-corrected chi connectivity index (χ3v) is 3.76. The van der Waals surface area contributed by atoms with Gasteiger partial charge in [0.2, 0.25) is 5.91 Å². The third kappa shape index (κ3) is 6.92. The number of rotatable bonds is 8. The molecule has 112 valence electrons. The summed E-state index contributed by atoms with van der Waals surface area (Å²) >= 11 is 0. The van der Waals surface area contributed by atoms with Gasteiger partial charge in [-0.1, -0.05) is 13.8 Å². The predicted octanol–water partition coefficient (Wildman–Crippen LogP) is 2.09. The topological polar surface area (TPSA) is 50.4 Å². The molecule has 1 rings (SSSR count). The van der Waals surface area contributed by atoms with Crippen molar-refractivity contribution in [2.75, 3.05) is 20.3 Å². The van der Waals surface area contributed by atoms with Crippen LogP contribution in [0.3, 0.4) is 0 Å². The summed E-state index contributed by atoms with van der Waals surface area (Å²) in [4.78, 5) is 11.9. The Balaban J connectivity index is 2.16. The SMILES string of the molecule is CCCNC1CCC(NC(=O)CC(C)COC)CC1. The molecule has 0 radical (unpaired) electrons. The molecule has 0 aromatic rings. The quantitative estimate of drug-likeness (QED) is 0.710. The van der Waals surface area contributed by atoms with E-state index in [1.807, 2.05) is 0 Å². The number of methoxy groups -OCH3 is 1. The van der Waals surface area contributed by atoms with Gasteiger partial charge < -0.3 is 15.4 Å². The van der Waals surface area contributed by atoms with E-state index in [0.717, 1.165) is 19.4 Å². The lowest BCUT2D eigenvalue weighted by Gasteiger charge is -2.30. The lowest BCUT2D eigenvalue weighted by molar-refractivity contribution is -0.123. The average Bonchev–Trinajstić information content (AvgIpc) is 2.38. The molecule has 2 N–H and O–H groups in total. The van der Waals surface area contributed by atoms with Gasteiger partial charge in [0.1, 0.15) is 0 Å². The first kappa shape index (κ1) is 16.4. The van der Waals surface area contributed by atoms with E-state index in [4.69, 9.17) is 4.74 Å². The summed E-state index contributed by atoms with van der Waals surface area (Å²) in [6, 6.07) is 1.03. The monoisotopic (exact) mass is 270 g/mol. The van der Waals surface area contributed by atoms with Gasteiger partial charge in [-0.15, -0.1) is 0 Å². The lowest BCUT2D eigenvalue weighted by Crippen LogP contribution is -2.42. The molecule has 1 unspecified atom stereocenters. The average molecular weight is 270 g/mol. The van der Waals surface area contributed by atoms with Crippen molar-refractivity contribution in [3.05, 3.63) is 0 Å². The first-order valence-corrected chi connectivity index (χ1v) is 7.67. The Morgan fingerprint density at radius 2 is 1.89 bits per heavy atom. The van der Waals surface area contributed by atoms with E-state index in [-0.39, 0.29) is 5.91 Å². The van der Waals surface area contributed by atoms with Gasteiger partial charge in [-0.3, -0.25) is 4.79 Å². The van der Waals surface area contributed by atoms with Gasteiger partial charge >= 0.3 is 0 Å². The van der Waals surface area contributed by atoms with Crippen LogP contribution in [0.1, 0.15) is 52.4 Å². The molecule has 1 fully saturated rings. The minimum Gasteiger partial charge on any atom is -0.384 e. The van der Waals surface area contributed by atoms with Gasteiger partial charge in [-0.05, 0) is 44.6 Å². The number of carbonyl (C=O) groups is 1. The summed E-state index contributed by atoms with van der Waals surface area (Å²) in [5.41, 5.74) is 0. The van der Waals surface area contributed by atoms with Gasteiger partial charge in [-0.2, -0.15) is 0 Å². The van der Waals surface area contributed by atoms with Crippen molar-refractivity contribution < 1.29 is 9.53 Å². The molecule has 0 aliphatic heterocycles. The predicted molar refractivity (Wildman–Crippen MR) is 78.1 cm³/mol. The Morgan fingerprint density at radius 3 is 2.47 bits per heavy atom. The summed E-state index contributed by atoms with van der Waals surface area (Å²) in [7, 11) is 1.68. The molecule has 0 heterocycles. The Labute approximate surface area is 117 Å². The van der Waals surface area contributed by atoms with E-state index in [9.17, 15) is 4.79 Å². The molecule has 0 spiro atoms. The van der Waals surface area contributed by atoms with Crippen molar-refractivity contribution in [1.29, 1.82) is 0 Å². The molecule has 1 amide bonds. The van der Waals surface area contributed by atoms with Gasteiger partial charge in [0.05, 0.1) is 0 Å². The number of ether oxygens (including phenoxy) is 1. The van der Waals surface area contributed by atoms with E-state index < -0.39 is 0 Å². The van der Waals surface area contributed by atoms with E-state index in [1.165, 1.54) is 19.3 Å².